The normalized spacial score (nSPS) is 10.8. The minimum atomic E-state index is -0.217. The first-order valence-electron chi connectivity index (χ1n) is 5.44. The highest BCUT2D eigenvalue weighted by molar-refractivity contribution is 7.14. The van der Waals surface area contributed by atoms with Crippen LogP contribution in [0.3, 0.4) is 0 Å². The molecule has 5 heteroatoms. The lowest BCUT2D eigenvalue weighted by Crippen LogP contribution is -2.09. The molecule has 1 N–H and O–H groups in total. The van der Waals surface area contributed by atoms with Gasteiger partial charge in [-0.25, -0.2) is 4.39 Å². The van der Waals surface area contributed by atoms with Gasteiger partial charge in [0.1, 0.15) is 15.8 Å². The molecule has 0 saturated carbocycles. The minimum absolute atomic E-state index is 0.217. The summed E-state index contributed by atoms with van der Waals surface area (Å²) in [7, 11) is 1.91. The molecule has 3 nitrogen and oxygen atoms in total. The third-order valence-corrected chi connectivity index (χ3v) is 3.49. The molecule has 17 heavy (non-hydrogen) atoms. The number of hydrogen-bond donors (Lipinski definition) is 1. The van der Waals surface area contributed by atoms with Crippen molar-refractivity contribution in [2.45, 2.75) is 13.3 Å². The van der Waals surface area contributed by atoms with Crippen molar-refractivity contribution in [1.29, 1.82) is 0 Å². The Hall–Kier alpha value is -1.33. The molecule has 0 spiro atoms. The molecule has 2 aromatic rings. The molecule has 1 aromatic carbocycles. The van der Waals surface area contributed by atoms with E-state index in [0.29, 0.717) is 0 Å². The average Bonchev–Trinajstić information content (AvgIpc) is 2.75. The van der Waals surface area contributed by atoms with E-state index in [-0.39, 0.29) is 5.82 Å². The number of halogens is 1. The number of benzene rings is 1. The number of rotatable bonds is 4. The van der Waals surface area contributed by atoms with Gasteiger partial charge in [-0.2, -0.15) is 0 Å². The van der Waals surface area contributed by atoms with Crippen LogP contribution in [0.2, 0.25) is 0 Å². The Morgan fingerprint density at radius 2 is 2.18 bits per heavy atom. The van der Waals surface area contributed by atoms with Crippen LogP contribution in [0, 0.1) is 12.7 Å². The van der Waals surface area contributed by atoms with Crippen LogP contribution in [0.15, 0.2) is 18.2 Å². The molecule has 0 amide bonds. The van der Waals surface area contributed by atoms with Crippen molar-refractivity contribution >= 4 is 11.3 Å². The molecule has 0 atom stereocenters. The van der Waals surface area contributed by atoms with E-state index in [1.807, 2.05) is 14.0 Å². The Morgan fingerprint density at radius 1 is 1.35 bits per heavy atom. The second-order valence-electron chi connectivity index (χ2n) is 3.81. The fraction of sp³-hybridized carbons (Fsp3) is 0.333. The van der Waals surface area contributed by atoms with Crippen LogP contribution >= 0.6 is 11.3 Å². The molecule has 90 valence electrons. The monoisotopic (exact) mass is 251 g/mol. The molecule has 0 bridgehead atoms. The van der Waals surface area contributed by atoms with Crippen molar-refractivity contribution < 1.29 is 4.39 Å². The zero-order chi connectivity index (χ0) is 12.3. The molecule has 0 saturated heterocycles. The molecule has 2 rings (SSSR count). The standard InChI is InChI=1S/C12H14FN3S/c1-8-7-9(13)3-4-10(8)12-16-15-11(17-12)5-6-14-2/h3-4,7,14H,5-6H2,1-2H3. The maximum atomic E-state index is 13.0. The molecule has 0 fully saturated rings. The van der Waals surface area contributed by atoms with E-state index in [4.69, 9.17) is 0 Å². The summed E-state index contributed by atoms with van der Waals surface area (Å²) in [5.74, 6) is -0.217. The summed E-state index contributed by atoms with van der Waals surface area (Å²) in [6.45, 7) is 2.77. The molecule has 0 radical (unpaired) electrons. The van der Waals surface area contributed by atoms with Gasteiger partial charge < -0.3 is 5.32 Å². The maximum Gasteiger partial charge on any atom is 0.148 e. The lowest BCUT2D eigenvalue weighted by atomic mass is 10.1. The van der Waals surface area contributed by atoms with E-state index in [9.17, 15) is 4.39 Å². The van der Waals surface area contributed by atoms with E-state index >= 15 is 0 Å². The van der Waals surface area contributed by atoms with E-state index in [0.717, 1.165) is 34.1 Å². The molecule has 1 aromatic heterocycles. The number of nitrogens with one attached hydrogen (secondary N) is 1. The Kier molecular flexibility index (Phi) is 3.81. The van der Waals surface area contributed by atoms with Gasteiger partial charge in [-0.05, 0) is 37.7 Å². The highest BCUT2D eigenvalue weighted by atomic mass is 32.1. The van der Waals surface area contributed by atoms with Crippen LogP contribution < -0.4 is 5.32 Å². The number of aromatic nitrogens is 2. The fourth-order valence-electron chi connectivity index (χ4n) is 1.56. The molecule has 0 aliphatic carbocycles. The van der Waals surface area contributed by atoms with Crippen molar-refractivity contribution in [2.75, 3.05) is 13.6 Å². The molecule has 1 heterocycles. The zero-order valence-corrected chi connectivity index (χ0v) is 10.6. The summed E-state index contributed by atoms with van der Waals surface area (Å²) in [5.41, 5.74) is 1.85. The van der Waals surface area contributed by atoms with Gasteiger partial charge in [0, 0.05) is 18.5 Å². The fourth-order valence-corrected chi connectivity index (χ4v) is 2.49. The van der Waals surface area contributed by atoms with Crippen LogP contribution in [0.4, 0.5) is 4.39 Å². The Morgan fingerprint density at radius 3 is 2.88 bits per heavy atom. The summed E-state index contributed by atoms with van der Waals surface area (Å²) < 4.78 is 13.0. The largest absolute Gasteiger partial charge is 0.319 e. The summed E-state index contributed by atoms with van der Waals surface area (Å²) >= 11 is 1.56. The van der Waals surface area contributed by atoms with Crippen molar-refractivity contribution in [3.05, 3.63) is 34.6 Å². The first-order chi connectivity index (χ1) is 8.20. The lowest BCUT2D eigenvalue weighted by Gasteiger charge is -2.00. The number of aryl methyl sites for hydroxylation is 1. The van der Waals surface area contributed by atoms with Gasteiger partial charge in [-0.15, -0.1) is 10.2 Å². The predicted octanol–water partition coefficient (Wildman–Crippen LogP) is 2.41. The van der Waals surface area contributed by atoms with Gasteiger partial charge in [0.15, 0.2) is 0 Å². The van der Waals surface area contributed by atoms with Crippen LogP contribution in [0.5, 0.6) is 0 Å². The van der Waals surface area contributed by atoms with Crippen LogP contribution in [-0.2, 0) is 6.42 Å². The van der Waals surface area contributed by atoms with Gasteiger partial charge in [0.25, 0.3) is 0 Å². The SMILES string of the molecule is CNCCc1nnc(-c2ccc(F)cc2C)s1. The zero-order valence-electron chi connectivity index (χ0n) is 9.83. The maximum absolute atomic E-state index is 13.0. The Bertz CT molecular complexity index is 510. The van der Waals surface area contributed by atoms with Gasteiger partial charge >= 0.3 is 0 Å². The van der Waals surface area contributed by atoms with E-state index in [1.165, 1.54) is 12.1 Å². The quantitative estimate of drug-likeness (QED) is 0.906. The second-order valence-corrected chi connectivity index (χ2v) is 4.88. The average molecular weight is 251 g/mol. The molecule has 0 aliphatic rings. The van der Waals surface area contributed by atoms with Crippen molar-refractivity contribution in [3.8, 4) is 10.6 Å². The topological polar surface area (TPSA) is 37.8 Å². The van der Waals surface area contributed by atoms with Crippen molar-refractivity contribution in [3.63, 3.8) is 0 Å². The van der Waals surface area contributed by atoms with Gasteiger partial charge in [0.2, 0.25) is 0 Å². The molecule has 0 aliphatic heterocycles. The number of hydrogen-bond acceptors (Lipinski definition) is 4. The van der Waals surface area contributed by atoms with Gasteiger partial charge in [-0.1, -0.05) is 11.3 Å². The van der Waals surface area contributed by atoms with Crippen molar-refractivity contribution in [1.82, 2.24) is 15.5 Å². The third-order valence-electron chi connectivity index (χ3n) is 2.47. The number of nitrogens with zero attached hydrogens (tertiary/aromatic N) is 2. The minimum Gasteiger partial charge on any atom is -0.319 e. The second kappa shape index (κ2) is 5.33. The summed E-state index contributed by atoms with van der Waals surface area (Å²) in [6.07, 6.45) is 0.869. The van der Waals surface area contributed by atoms with E-state index < -0.39 is 0 Å². The lowest BCUT2D eigenvalue weighted by molar-refractivity contribution is 0.627. The smallest absolute Gasteiger partial charge is 0.148 e. The summed E-state index contributed by atoms with van der Waals surface area (Å²) in [4.78, 5) is 0. The third kappa shape index (κ3) is 2.87. The molecule has 0 unspecified atom stereocenters. The molecular formula is C12H14FN3S. The van der Waals surface area contributed by atoms with Crippen molar-refractivity contribution in [2.24, 2.45) is 0 Å². The first-order valence-corrected chi connectivity index (χ1v) is 6.26. The predicted molar refractivity (Wildman–Crippen MR) is 67.7 cm³/mol. The number of likely N-dealkylation sites (N-methyl/N-ethyl adjacent to an activating group) is 1. The highest BCUT2D eigenvalue weighted by Gasteiger charge is 2.09. The van der Waals surface area contributed by atoms with E-state index in [2.05, 4.69) is 15.5 Å². The molecular weight excluding hydrogens is 237 g/mol. The summed E-state index contributed by atoms with van der Waals surface area (Å²) in [6, 6.07) is 4.73. The summed E-state index contributed by atoms with van der Waals surface area (Å²) in [5, 5.41) is 13.2. The van der Waals surface area contributed by atoms with E-state index in [1.54, 1.807) is 17.4 Å². The van der Waals surface area contributed by atoms with Crippen LogP contribution in [-0.4, -0.2) is 23.8 Å². The highest BCUT2D eigenvalue weighted by Crippen LogP contribution is 2.27. The van der Waals surface area contributed by atoms with Gasteiger partial charge in [-0.3, -0.25) is 0 Å². The Labute approximate surface area is 104 Å². The Balaban J connectivity index is 2.24. The van der Waals surface area contributed by atoms with Crippen LogP contribution in [0.1, 0.15) is 10.6 Å². The first kappa shape index (κ1) is 12.1. The van der Waals surface area contributed by atoms with Crippen LogP contribution in [0.25, 0.3) is 10.6 Å². The van der Waals surface area contributed by atoms with Gasteiger partial charge in [0.05, 0.1) is 0 Å².